The van der Waals surface area contributed by atoms with E-state index in [1.807, 2.05) is 48.5 Å². The van der Waals surface area contributed by atoms with Crippen molar-refractivity contribution in [2.75, 3.05) is 0 Å². The van der Waals surface area contributed by atoms with Crippen molar-refractivity contribution < 1.29 is 5.11 Å². The van der Waals surface area contributed by atoms with Crippen LogP contribution in [-0.2, 0) is 11.7 Å². The monoisotopic (exact) mass is 223 g/mol. The van der Waals surface area contributed by atoms with Gasteiger partial charge in [-0.1, -0.05) is 42.5 Å². The Morgan fingerprint density at radius 3 is 2.59 bits per heavy atom. The fraction of sp³-hybridized carbons (Fsp3) is 0.0714. The van der Waals surface area contributed by atoms with E-state index in [1.54, 1.807) is 0 Å². The van der Waals surface area contributed by atoms with Gasteiger partial charge in [0, 0.05) is 11.1 Å². The van der Waals surface area contributed by atoms with Gasteiger partial charge in [-0.05, 0) is 6.07 Å². The summed E-state index contributed by atoms with van der Waals surface area (Å²) < 4.78 is 0. The van der Waals surface area contributed by atoms with Gasteiger partial charge in [0.15, 0.2) is 0 Å². The van der Waals surface area contributed by atoms with Crippen molar-refractivity contribution in [1.29, 1.82) is 0 Å². The molecule has 0 fully saturated rings. The molecule has 17 heavy (non-hydrogen) atoms. The quantitative estimate of drug-likeness (QED) is 0.712. The number of hydrogen-bond donors (Lipinski definition) is 1. The average molecular weight is 223 g/mol. The molecule has 1 aromatic heterocycles. The summed E-state index contributed by atoms with van der Waals surface area (Å²) in [5, 5.41) is 11.0. The zero-order valence-corrected chi connectivity index (χ0v) is 9.18. The van der Waals surface area contributed by atoms with E-state index in [4.69, 9.17) is 0 Å². The summed E-state index contributed by atoms with van der Waals surface area (Å²) >= 11 is 0. The molecule has 3 heteroatoms. The first-order valence-corrected chi connectivity index (χ1v) is 5.49. The number of H-pyrrole nitrogens is 1. The molecule has 0 aliphatic heterocycles. The molecule has 0 atom stereocenters. The second kappa shape index (κ2) is 4.03. The molecule has 0 aliphatic rings. The Hall–Kier alpha value is -2.13. The van der Waals surface area contributed by atoms with Crippen molar-refractivity contribution in [2.45, 2.75) is 6.61 Å². The zero-order chi connectivity index (χ0) is 11.7. The first-order chi connectivity index (χ1) is 8.38. The Morgan fingerprint density at radius 1 is 1.00 bits per heavy atom. The lowest BCUT2D eigenvalue weighted by Crippen LogP contribution is -1.83. The van der Waals surface area contributed by atoms with Gasteiger partial charge in [-0.2, -0.15) is 0 Å². The predicted molar refractivity (Wildman–Crippen MR) is 65.9 cm³/mol. The van der Waals surface area contributed by atoms with Gasteiger partial charge in [0.2, 0.25) is 0 Å². The number of imidazole rings is 1. The molecule has 0 saturated heterocycles. The molecule has 3 rings (SSSR count). The molecule has 3 nitrogen and oxygen atoms in total. The number of para-hydroxylation sites is 1. The largest absolute Gasteiger partial charge is 0.338 e. The Bertz CT molecular complexity index is 644. The molecule has 1 heterocycles. The van der Waals surface area contributed by atoms with Crippen molar-refractivity contribution in [2.24, 2.45) is 0 Å². The second-order valence-corrected chi connectivity index (χ2v) is 3.91. The minimum absolute atomic E-state index is 0.240. The molecule has 0 amide bonds. The van der Waals surface area contributed by atoms with Crippen molar-refractivity contribution in [1.82, 2.24) is 9.97 Å². The summed E-state index contributed by atoms with van der Waals surface area (Å²) in [6.07, 6.45) is 0. The summed E-state index contributed by atoms with van der Waals surface area (Å²) in [5.41, 5.74) is 3.46. The number of aromatic nitrogens is 2. The zero-order valence-electron chi connectivity index (χ0n) is 9.18. The molecular formula is C14H11N2O. The van der Waals surface area contributed by atoms with Crippen molar-refractivity contribution >= 4 is 11.0 Å². The van der Waals surface area contributed by atoms with Gasteiger partial charge in [0.05, 0.1) is 11.0 Å². The minimum Gasteiger partial charge on any atom is -0.338 e. The third-order valence-corrected chi connectivity index (χ3v) is 2.80. The number of aromatic amines is 1. The van der Waals surface area contributed by atoms with Gasteiger partial charge in [0.25, 0.3) is 0 Å². The Kier molecular flexibility index (Phi) is 2.38. The number of nitrogens with one attached hydrogen (secondary N) is 1. The van der Waals surface area contributed by atoms with Gasteiger partial charge in [-0.25, -0.2) is 10.1 Å². The molecule has 0 bridgehead atoms. The van der Waals surface area contributed by atoms with Crippen LogP contribution in [0.25, 0.3) is 22.4 Å². The van der Waals surface area contributed by atoms with E-state index >= 15 is 0 Å². The maximum Gasteiger partial charge on any atom is 0.138 e. The van der Waals surface area contributed by atoms with Crippen molar-refractivity contribution in [3.05, 3.63) is 54.1 Å². The molecule has 0 saturated carbocycles. The average Bonchev–Trinajstić information content (AvgIpc) is 2.83. The van der Waals surface area contributed by atoms with Crippen LogP contribution in [0.15, 0.2) is 48.5 Å². The highest BCUT2D eigenvalue weighted by molar-refractivity contribution is 5.82. The first-order valence-electron chi connectivity index (χ1n) is 5.49. The third-order valence-electron chi connectivity index (χ3n) is 2.80. The van der Waals surface area contributed by atoms with Crippen LogP contribution in [0.2, 0.25) is 0 Å². The Labute approximate surface area is 98.8 Å². The summed E-state index contributed by atoms with van der Waals surface area (Å²) in [7, 11) is 0. The predicted octanol–water partition coefficient (Wildman–Crippen LogP) is 3.16. The number of nitrogens with zero attached hydrogens (tertiary/aromatic N) is 1. The minimum atomic E-state index is -0.240. The maximum absolute atomic E-state index is 11.0. The van der Waals surface area contributed by atoms with Gasteiger partial charge in [-0.3, -0.25) is 0 Å². The number of benzene rings is 2. The number of rotatable bonds is 2. The fourth-order valence-electron chi connectivity index (χ4n) is 1.94. The van der Waals surface area contributed by atoms with E-state index in [1.165, 1.54) is 0 Å². The van der Waals surface area contributed by atoms with Crippen LogP contribution < -0.4 is 0 Å². The maximum atomic E-state index is 11.0. The summed E-state index contributed by atoms with van der Waals surface area (Å²) in [4.78, 5) is 7.73. The van der Waals surface area contributed by atoms with E-state index in [0.717, 1.165) is 28.0 Å². The molecule has 0 aliphatic carbocycles. The van der Waals surface area contributed by atoms with E-state index in [0.29, 0.717) is 0 Å². The van der Waals surface area contributed by atoms with Crippen LogP contribution in [-0.4, -0.2) is 9.97 Å². The highest BCUT2D eigenvalue weighted by Gasteiger charge is 2.07. The molecule has 0 unspecified atom stereocenters. The van der Waals surface area contributed by atoms with Crippen molar-refractivity contribution in [3.63, 3.8) is 0 Å². The van der Waals surface area contributed by atoms with Crippen LogP contribution in [0, 0.1) is 0 Å². The molecule has 2 aromatic carbocycles. The van der Waals surface area contributed by atoms with E-state index in [9.17, 15) is 5.11 Å². The highest BCUT2D eigenvalue weighted by atomic mass is 16.3. The summed E-state index contributed by atoms with van der Waals surface area (Å²) in [5.74, 6) is 0.807. The fourth-order valence-corrected chi connectivity index (χ4v) is 1.94. The highest BCUT2D eigenvalue weighted by Crippen LogP contribution is 2.22. The summed E-state index contributed by atoms with van der Waals surface area (Å²) in [6.45, 7) is -0.240. The smallest absolute Gasteiger partial charge is 0.138 e. The molecule has 0 spiro atoms. The van der Waals surface area contributed by atoms with E-state index in [-0.39, 0.29) is 6.61 Å². The van der Waals surface area contributed by atoms with Crippen molar-refractivity contribution in [3.8, 4) is 11.4 Å². The van der Waals surface area contributed by atoms with Crippen LogP contribution in [0.4, 0.5) is 0 Å². The lowest BCUT2D eigenvalue weighted by molar-refractivity contribution is 0.178. The van der Waals surface area contributed by atoms with E-state index < -0.39 is 0 Å². The van der Waals surface area contributed by atoms with Gasteiger partial charge < -0.3 is 4.98 Å². The molecular weight excluding hydrogens is 212 g/mol. The SMILES string of the molecule is [O]Cc1cccc2[nH]c(-c3ccccc3)nc12. The normalized spacial score (nSPS) is 10.9. The lowest BCUT2D eigenvalue weighted by Gasteiger charge is -1.94. The molecule has 1 N–H and O–H groups in total. The van der Waals surface area contributed by atoms with Gasteiger partial charge >= 0.3 is 0 Å². The second-order valence-electron chi connectivity index (χ2n) is 3.91. The van der Waals surface area contributed by atoms with E-state index in [2.05, 4.69) is 9.97 Å². The number of fused-ring (bicyclic) bond motifs is 1. The Morgan fingerprint density at radius 2 is 1.82 bits per heavy atom. The molecule has 3 aromatic rings. The Balaban J connectivity index is 2.20. The van der Waals surface area contributed by atoms with Crippen LogP contribution in [0.1, 0.15) is 5.56 Å². The van der Waals surface area contributed by atoms with Crippen LogP contribution in [0.5, 0.6) is 0 Å². The molecule has 83 valence electrons. The third kappa shape index (κ3) is 1.70. The lowest BCUT2D eigenvalue weighted by atomic mass is 10.2. The van der Waals surface area contributed by atoms with Crippen LogP contribution in [0.3, 0.4) is 0 Å². The van der Waals surface area contributed by atoms with Gasteiger partial charge in [-0.15, -0.1) is 0 Å². The van der Waals surface area contributed by atoms with Crippen LogP contribution >= 0.6 is 0 Å². The number of hydrogen-bond acceptors (Lipinski definition) is 1. The standard InChI is InChI=1S/C14H11N2O/c17-9-11-7-4-8-12-13(11)16-14(15-12)10-5-2-1-3-6-10/h1-8H,9H2,(H,15,16). The molecule has 1 radical (unpaired) electrons. The summed E-state index contributed by atoms with van der Waals surface area (Å²) in [6, 6.07) is 15.5. The topological polar surface area (TPSA) is 48.6 Å². The first kappa shape index (κ1) is 10.1. The van der Waals surface area contributed by atoms with Gasteiger partial charge in [0.1, 0.15) is 12.4 Å².